The van der Waals surface area contributed by atoms with Crippen molar-refractivity contribution in [1.82, 2.24) is 4.90 Å². The molecule has 0 fully saturated rings. The van der Waals surface area contributed by atoms with Gasteiger partial charge in [-0.15, -0.1) is 6.42 Å². The van der Waals surface area contributed by atoms with Crippen molar-refractivity contribution in [2.24, 2.45) is 0 Å². The van der Waals surface area contributed by atoms with Gasteiger partial charge in [0, 0.05) is 6.54 Å². The predicted molar refractivity (Wildman–Crippen MR) is 77.0 cm³/mol. The van der Waals surface area contributed by atoms with Crippen LogP contribution in [0.25, 0.3) is 0 Å². The minimum atomic E-state index is 0.0486. The Bertz CT molecular complexity index is 448. The maximum Gasteiger partial charge on any atom is 0.226 e. The number of hydrogen-bond acceptors (Lipinski definition) is 2. The third-order valence-electron chi connectivity index (χ3n) is 2.70. The molecule has 0 N–H and O–H groups in total. The molecule has 3 nitrogen and oxygen atoms in total. The van der Waals surface area contributed by atoms with Gasteiger partial charge in [0.2, 0.25) is 5.91 Å². The number of ether oxygens (including phenoxy) is 1. The lowest BCUT2D eigenvalue weighted by molar-refractivity contribution is -0.131. The summed E-state index contributed by atoms with van der Waals surface area (Å²) in [6, 6.07) is 7.79. The summed E-state index contributed by atoms with van der Waals surface area (Å²) in [6.45, 7) is 5.49. The molecule has 1 rings (SSSR count). The van der Waals surface area contributed by atoms with Gasteiger partial charge in [0.25, 0.3) is 0 Å². The van der Waals surface area contributed by atoms with Crippen LogP contribution in [0.15, 0.2) is 24.3 Å². The third kappa shape index (κ3) is 5.48. The summed E-state index contributed by atoms with van der Waals surface area (Å²) in [4.78, 5) is 13.6. The normalized spacial score (nSPS) is 9.74. The Hall–Kier alpha value is -1.95. The van der Waals surface area contributed by atoms with E-state index in [9.17, 15) is 4.79 Å². The van der Waals surface area contributed by atoms with E-state index in [2.05, 4.69) is 5.92 Å². The molecule has 0 aliphatic heterocycles. The lowest BCUT2D eigenvalue weighted by atomic mass is 10.2. The van der Waals surface area contributed by atoms with Crippen molar-refractivity contribution in [3.05, 3.63) is 29.8 Å². The van der Waals surface area contributed by atoms with Gasteiger partial charge in [0.1, 0.15) is 5.75 Å². The van der Waals surface area contributed by atoms with E-state index < -0.39 is 0 Å². The van der Waals surface area contributed by atoms with Gasteiger partial charge in [-0.05, 0) is 31.0 Å². The molecular weight excluding hydrogens is 238 g/mol. The van der Waals surface area contributed by atoms with E-state index in [0.717, 1.165) is 17.7 Å². The van der Waals surface area contributed by atoms with Crippen molar-refractivity contribution in [3.63, 3.8) is 0 Å². The molecule has 19 heavy (non-hydrogen) atoms. The number of terminal acetylenes is 1. The highest BCUT2D eigenvalue weighted by molar-refractivity contribution is 5.76. The maximum absolute atomic E-state index is 11.9. The fourth-order valence-corrected chi connectivity index (χ4v) is 1.79. The highest BCUT2D eigenvalue weighted by Crippen LogP contribution is 2.12. The largest absolute Gasteiger partial charge is 0.493 e. The minimum Gasteiger partial charge on any atom is -0.493 e. The van der Waals surface area contributed by atoms with Crippen LogP contribution in [0.1, 0.15) is 25.3 Å². The molecule has 0 unspecified atom stereocenters. The highest BCUT2D eigenvalue weighted by atomic mass is 16.5. The van der Waals surface area contributed by atoms with E-state index in [4.69, 9.17) is 11.2 Å². The Balaban J connectivity index is 2.39. The van der Waals surface area contributed by atoms with Crippen LogP contribution in [0.4, 0.5) is 0 Å². The lowest BCUT2D eigenvalue weighted by Gasteiger charge is -2.19. The van der Waals surface area contributed by atoms with Gasteiger partial charge in [0.15, 0.2) is 0 Å². The van der Waals surface area contributed by atoms with Gasteiger partial charge in [-0.1, -0.05) is 25.0 Å². The van der Waals surface area contributed by atoms with E-state index >= 15 is 0 Å². The molecule has 1 aromatic rings. The quantitative estimate of drug-likeness (QED) is 0.704. The molecule has 0 saturated carbocycles. The van der Waals surface area contributed by atoms with Gasteiger partial charge in [-0.2, -0.15) is 0 Å². The first kappa shape index (κ1) is 15.1. The first-order valence-electron chi connectivity index (χ1n) is 6.58. The fourth-order valence-electron chi connectivity index (χ4n) is 1.79. The first-order valence-corrected chi connectivity index (χ1v) is 6.58. The van der Waals surface area contributed by atoms with Crippen LogP contribution < -0.4 is 4.74 Å². The average Bonchev–Trinajstić information content (AvgIpc) is 2.38. The summed E-state index contributed by atoms with van der Waals surface area (Å²) in [5.41, 5.74) is 1.14. The number of aryl methyl sites for hydroxylation is 1. The highest BCUT2D eigenvalue weighted by Gasteiger charge is 2.11. The number of benzene rings is 1. The number of nitrogens with zero attached hydrogens (tertiary/aromatic N) is 1. The Labute approximate surface area is 115 Å². The molecule has 0 saturated heterocycles. The second-order valence-corrected chi connectivity index (χ2v) is 4.43. The molecule has 3 heteroatoms. The molecule has 0 spiro atoms. The molecule has 1 amide bonds. The molecular formula is C16H21NO2. The predicted octanol–water partition coefficient (Wildman–Crippen LogP) is 2.64. The number of hydrogen-bond donors (Lipinski definition) is 0. The zero-order valence-electron chi connectivity index (χ0n) is 11.7. The summed E-state index contributed by atoms with van der Waals surface area (Å²) in [7, 11) is 0. The number of amides is 1. The second-order valence-electron chi connectivity index (χ2n) is 4.43. The molecule has 0 heterocycles. The van der Waals surface area contributed by atoms with Crippen molar-refractivity contribution in [2.45, 2.75) is 26.7 Å². The van der Waals surface area contributed by atoms with Crippen LogP contribution in [0.3, 0.4) is 0 Å². The van der Waals surface area contributed by atoms with Gasteiger partial charge < -0.3 is 9.64 Å². The molecule has 0 radical (unpaired) electrons. The minimum absolute atomic E-state index is 0.0486. The van der Waals surface area contributed by atoms with Crippen LogP contribution in [0, 0.1) is 19.3 Å². The Morgan fingerprint density at radius 1 is 1.47 bits per heavy atom. The molecule has 0 aliphatic rings. The summed E-state index contributed by atoms with van der Waals surface area (Å²) in [6.07, 6.45) is 6.52. The molecule has 0 aromatic heterocycles. The zero-order valence-corrected chi connectivity index (χ0v) is 11.7. The summed E-state index contributed by atoms with van der Waals surface area (Å²) in [5.74, 6) is 3.36. The molecule has 0 bridgehead atoms. The number of rotatable bonds is 7. The van der Waals surface area contributed by atoms with Crippen molar-refractivity contribution in [3.8, 4) is 18.1 Å². The third-order valence-corrected chi connectivity index (χ3v) is 2.70. The average molecular weight is 259 g/mol. The van der Waals surface area contributed by atoms with E-state index in [-0.39, 0.29) is 5.91 Å². The Kier molecular flexibility index (Phi) is 6.52. The maximum atomic E-state index is 11.9. The number of carbonyl (C=O) groups excluding carboxylic acids is 1. The Morgan fingerprint density at radius 3 is 2.89 bits per heavy atom. The van der Waals surface area contributed by atoms with E-state index in [1.54, 1.807) is 4.90 Å². The van der Waals surface area contributed by atoms with E-state index in [1.165, 1.54) is 0 Å². The standard InChI is InChI=1S/C16H21NO2/c1-4-10-17(11-5-2)16(18)9-12-19-15-8-6-7-14(3)13-15/h1,6-8,13H,5,9-12H2,2-3H3. The van der Waals surface area contributed by atoms with Gasteiger partial charge in [-0.3, -0.25) is 4.79 Å². The van der Waals surface area contributed by atoms with Crippen LogP contribution >= 0.6 is 0 Å². The van der Waals surface area contributed by atoms with Crippen molar-refractivity contribution >= 4 is 5.91 Å². The fraction of sp³-hybridized carbons (Fsp3) is 0.438. The van der Waals surface area contributed by atoms with E-state index in [1.807, 2.05) is 38.1 Å². The topological polar surface area (TPSA) is 29.5 Å². The van der Waals surface area contributed by atoms with Crippen LogP contribution in [-0.4, -0.2) is 30.5 Å². The second kappa shape index (κ2) is 8.20. The van der Waals surface area contributed by atoms with Gasteiger partial charge in [0.05, 0.1) is 19.6 Å². The summed E-state index contributed by atoms with van der Waals surface area (Å²) in [5, 5.41) is 0. The monoisotopic (exact) mass is 259 g/mol. The van der Waals surface area contributed by atoms with Crippen LogP contribution in [0.2, 0.25) is 0 Å². The first-order chi connectivity index (χ1) is 9.17. The molecule has 0 aliphatic carbocycles. The van der Waals surface area contributed by atoms with Gasteiger partial charge >= 0.3 is 0 Å². The van der Waals surface area contributed by atoms with Crippen molar-refractivity contribution in [2.75, 3.05) is 19.7 Å². The smallest absolute Gasteiger partial charge is 0.226 e. The SMILES string of the molecule is C#CCN(CCC)C(=O)CCOc1cccc(C)c1. The molecule has 1 aromatic carbocycles. The van der Waals surface area contributed by atoms with E-state index in [0.29, 0.717) is 26.1 Å². The molecule has 0 atom stereocenters. The zero-order chi connectivity index (χ0) is 14.1. The lowest BCUT2D eigenvalue weighted by Crippen LogP contribution is -2.33. The Morgan fingerprint density at radius 2 is 2.26 bits per heavy atom. The van der Waals surface area contributed by atoms with Crippen LogP contribution in [-0.2, 0) is 4.79 Å². The van der Waals surface area contributed by atoms with Crippen LogP contribution in [0.5, 0.6) is 5.75 Å². The van der Waals surface area contributed by atoms with Crippen molar-refractivity contribution in [1.29, 1.82) is 0 Å². The van der Waals surface area contributed by atoms with Crippen molar-refractivity contribution < 1.29 is 9.53 Å². The summed E-state index contributed by atoms with van der Waals surface area (Å²) >= 11 is 0. The summed E-state index contributed by atoms with van der Waals surface area (Å²) < 4.78 is 5.56. The van der Waals surface area contributed by atoms with Gasteiger partial charge in [-0.25, -0.2) is 0 Å². The number of carbonyl (C=O) groups is 1. The molecule has 102 valence electrons.